The Hall–Kier alpha value is -2.20. The van der Waals surface area contributed by atoms with E-state index in [1.165, 1.54) is 5.56 Å². The topological polar surface area (TPSA) is 73.3 Å². The maximum atomic E-state index is 5.75. The first-order valence-electron chi connectivity index (χ1n) is 11.1. The minimum absolute atomic E-state index is 0. The lowest BCUT2D eigenvalue weighted by Gasteiger charge is -2.14. The van der Waals surface area contributed by atoms with Crippen LogP contribution in [0.1, 0.15) is 30.9 Å². The van der Waals surface area contributed by atoms with Gasteiger partial charge in [0.2, 0.25) is 5.75 Å². The van der Waals surface area contributed by atoms with Crippen LogP contribution in [0.3, 0.4) is 0 Å². The van der Waals surface area contributed by atoms with Crippen molar-refractivity contribution in [3.63, 3.8) is 0 Å². The van der Waals surface area contributed by atoms with Crippen molar-refractivity contribution in [3.8, 4) is 17.2 Å². The molecule has 0 aliphatic rings. The quantitative estimate of drug-likeness (QED) is 0.151. The van der Waals surface area contributed by atoms with Crippen molar-refractivity contribution < 1.29 is 18.9 Å². The molecule has 0 saturated heterocycles. The molecule has 2 rings (SSSR count). The lowest BCUT2D eigenvalue weighted by molar-refractivity contribution is 0.133. The van der Waals surface area contributed by atoms with Gasteiger partial charge < -0.3 is 29.6 Å². The molecule has 0 bridgehead atoms. The number of guanidine groups is 1. The summed E-state index contributed by atoms with van der Waals surface area (Å²) in [6.07, 6.45) is 2.98. The molecule has 0 radical (unpaired) electrons. The second-order valence-electron chi connectivity index (χ2n) is 7.21. The molecule has 8 heteroatoms. The number of rotatable bonds is 14. The smallest absolute Gasteiger partial charge is 0.203 e. The standard InChI is InChI=1S/C25H37N3O4.HI/c1-5-26-25(27-14-9-10-15-32-16-13-20-11-7-6-8-12-20)28-19-21-17-22(29-2)24(31-4)23(18-21)30-3;/h6-8,11-12,17-18H,5,9-10,13-16,19H2,1-4H3,(H2,26,27,28);1H. The van der Waals surface area contributed by atoms with Crippen LogP contribution >= 0.6 is 24.0 Å². The highest BCUT2D eigenvalue weighted by Gasteiger charge is 2.13. The number of ether oxygens (including phenoxy) is 4. The molecule has 0 saturated carbocycles. The van der Waals surface area contributed by atoms with Crippen LogP contribution in [0, 0.1) is 0 Å². The van der Waals surface area contributed by atoms with Crippen molar-refractivity contribution >= 4 is 29.9 Å². The predicted molar refractivity (Wildman–Crippen MR) is 145 cm³/mol. The Morgan fingerprint density at radius 3 is 2.15 bits per heavy atom. The fraction of sp³-hybridized carbons (Fsp3) is 0.480. The SMILES string of the molecule is CCNC(=NCc1cc(OC)c(OC)c(OC)c1)NCCCCOCCc1ccccc1.I. The van der Waals surface area contributed by atoms with Gasteiger partial charge in [-0.1, -0.05) is 30.3 Å². The number of methoxy groups -OCH3 is 3. The normalized spacial score (nSPS) is 10.8. The molecular weight excluding hydrogens is 533 g/mol. The summed E-state index contributed by atoms with van der Waals surface area (Å²) in [5.74, 6) is 2.62. The minimum Gasteiger partial charge on any atom is -0.493 e. The number of nitrogens with one attached hydrogen (secondary N) is 2. The number of unbranched alkanes of at least 4 members (excludes halogenated alkanes) is 1. The van der Waals surface area contributed by atoms with Gasteiger partial charge in [0.15, 0.2) is 17.5 Å². The van der Waals surface area contributed by atoms with Crippen molar-refractivity contribution in [1.82, 2.24) is 10.6 Å². The van der Waals surface area contributed by atoms with Crippen molar-refractivity contribution in [1.29, 1.82) is 0 Å². The highest BCUT2D eigenvalue weighted by molar-refractivity contribution is 14.0. The molecule has 33 heavy (non-hydrogen) atoms. The van der Waals surface area contributed by atoms with E-state index < -0.39 is 0 Å². The van der Waals surface area contributed by atoms with Crippen LogP contribution in [0.5, 0.6) is 17.2 Å². The third-order valence-electron chi connectivity index (χ3n) is 4.87. The zero-order valence-electron chi connectivity index (χ0n) is 20.2. The van der Waals surface area contributed by atoms with E-state index in [9.17, 15) is 0 Å². The maximum absolute atomic E-state index is 5.75. The first-order chi connectivity index (χ1) is 15.7. The number of benzene rings is 2. The van der Waals surface area contributed by atoms with Gasteiger partial charge in [-0.3, -0.25) is 0 Å². The summed E-state index contributed by atoms with van der Waals surface area (Å²) in [4.78, 5) is 4.68. The summed E-state index contributed by atoms with van der Waals surface area (Å²) < 4.78 is 22.0. The Morgan fingerprint density at radius 2 is 1.55 bits per heavy atom. The minimum atomic E-state index is 0. The highest BCUT2D eigenvalue weighted by atomic mass is 127. The van der Waals surface area contributed by atoms with Gasteiger partial charge in [0.25, 0.3) is 0 Å². The Labute approximate surface area is 215 Å². The molecule has 0 fully saturated rings. The van der Waals surface area contributed by atoms with Gasteiger partial charge in [0, 0.05) is 19.7 Å². The van der Waals surface area contributed by atoms with E-state index in [0.717, 1.165) is 57.1 Å². The average Bonchev–Trinajstić information content (AvgIpc) is 2.83. The van der Waals surface area contributed by atoms with Gasteiger partial charge in [0.05, 0.1) is 34.5 Å². The van der Waals surface area contributed by atoms with Crippen LogP contribution in [-0.2, 0) is 17.7 Å². The Bertz CT molecular complexity index is 794. The van der Waals surface area contributed by atoms with E-state index >= 15 is 0 Å². The Morgan fingerprint density at radius 1 is 0.848 bits per heavy atom. The Kier molecular flexibility index (Phi) is 15.1. The van der Waals surface area contributed by atoms with Gasteiger partial charge in [0.1, 0.15) is 0 Å². The van der Waals surface area contributed by atoms with Gasteiger partial charge >= 0.3 is 0 Å². The Balaban J connectivity index is 0.00000544. The first-order valence-corrected chi connectivity index (χ1v) is 11.1. The maximum Gasteiger partial charge on any atom is 0.203 e. The van der Waals surface area contributed by atoms with Crippen molar-refractivity contribution in [2.75, 3.05) is 47.6 Å². The molecule has 0 unspecified atom stereocenters. The highest BCUT2D eigenvalue weighted by Crippen LogP contribution is 2.38. The fourth-order valence-electron chi connectivity index (χ4n) is 3.21. The van der Waals surface area contributed by atoms with Crippen molar-refractivity contribution in [2.45, 2.75) is 32.7 Å². The summed E-state index contributed by atoms with van der Waals surface area (Å²) in [5, 5.41) is 6.67. The molecule has 0 aromatic heterocycles. The molecule has 7 nitrogen and oxygen atoms in total. The number of aliphatic imine (C=N–C) groups is 1. The van der Waals surface area contributed by atoms with E-state index in [4.69, 9.17) is 18.9 Å². The lowest BCUT2D eigenvalue weighted by atomic mass is 10.2. The fourth-order valence-corrected chi connectivity index (χ4v) is 3.21. The molecule has 0 aliphatic carbocycles. The second-order valence-corrected chi connectivity index (χ2v) is 7.21. The molecule has 0 spiro atoms. The molecule has 0 amide bonds. The van der Waals surface area contributed by atoms with Gasteiger partial charge in [-0.15, -0.1) is 24.0 Å². The van der Waals surface area contributed by atoms with E-state index in [1.54, 1.807) is 21.3 Å². The first kappa shape index (κ1) is 28.8. The van der Waals surface area contributed by atoms with Crippen molar-refractivity contribution in [3.05, 3.63) is 53.6 Å². The summed E-state index contributed by atoms with van der Waals surface area (Å²) in [6.45, 7) is 5.71. The summed E-state index contributed by atoms with van der Waals surface area (Å²) in [5.41, 5.74) is 2.29. The molecule has 0 heterocycles. The van der Waals surface area contributed by atoms with Gasteiger partial charge in [-0.05, 0) is 49.4 Å². The number of halogens is 1. The molecule has 0 aliphatic heterocycles. The van der Waals surface area contributed by atoms with Crippen LogP contribution in [0.4, 0.5) is 0 Å². The zero-order valence-corrected chi connectivity index (χ0v) is 22.5. The molecule has 2 aromatic carbocycles. The largest absolute Gasteiger partial charge is 0.493 e. The second kappa shape index (κ2) is 17.3. The third-order valence-corrected chi connectivity index (χ3v) is 4.87. The van der Waals surface area contributed by atoms with E-state index in [2.05, 4.69) is 46.8 Å². The summed E-state index contributed by atoms with van der Waals surface area (Å²) in [6, 6.07) is 14.3. The van der Waals surface area contributed by atoms with Gasteiger partial charge in [-0.25, -0.2) is 4.99 Å². The van der Waals surface area contributed by atoms with Crippen LogP contribution in [-0.4, -0.2) is 53.6 Å². The van der Waals surface area contributed by atoms with E-state index in [1.807, 2.05) is 18.2 Å². The number of nitrogens with zero attached hydrogens (tertiary/aromatic N) is 1. The monoisotopic (exact) mass is 571 g/mol. The molecule has 184 valence electrons. The summed E-state index contributed by atoms with van der Waals surface area (Å²) >= 11 is 0. The number of hydrogen-bond acceptors (Lipinski definition) is 5. The van der Waals surface area contributed by atoms with Crippen molar-refractivity contribution in [2.24, 2.45) is 4.99 Å². The third kappa shape index (κ3) is 10.5. The molecular formula is C25H38IN3O4. The predicted octanol–water partition coefficient (Wildman–Crippen LogP) is 4.43. The average molecular weight is 572 g/mol. The summed E-state index contributed by atoms with van der Waals surface area (Å²) in [7, 11) is 4.82. The molecule has 0 atom stereocenters. The van der Waals surface area contributed by atoms with Crippen LogP contribution < -0.4 is 24.8 Å². The van der Waals surface area contributed by atoms with Crippen LogP contribution in [0.25, 0.3) is 0 Å². The van der Waals surface area contributed by atoms with Gasteiger partial charge in [-0.2, -0.15) is 0 Å². The molecule has 2 aromatic rings. The molecule has 2 N–H and O–H groups in total. The van der Waals surface area contributed by atoms with E-state index in [0.29, 0.717) is 23.8 Å². The zero-order chi connectivity index (χ0) is 23.0. The van der Waals surface area contributed by atoms with Crippen LogP contribution in [0.2, 0.25) is 0 Å². The number of hydrogen-bond donors (Lipinski definition) is 2. The van der Waals surface area contributed by atoms with Crippen LogP contribution in [0.15, 0.2) is 47.5 Å². The lowest BCUT2D eigenvalue weighted by Crippen LogP contribution is -2.37. The van der Waals surface area contributed by atoms with E-state index in [-0.39, 0.29) is 24.0 Å².